The molecule has 4 heteroatoms. The molecule has 1 aromatic heterocycles. The first-order valence-corrected chi connectivity index (χ1v) is 5.46. The maximum atomic E-state index is 8.97. The molecule has 88 valence electrons. The minimum atomic E-state index is 0.0923. The molecule has 0 saturated heterocycles. The molecule has 1 aromatic carbocycles. The Morgan fingerprint density at radius 3 is 2.82 bits per heavy atom. The first kappa shape index (κ1) is 11.5. The average Bonchev–Trinajstić information content (AvgIpc) is 2.32. The van der Waals surface area contributed by atoms with Crippen LogP contribution < -0.4 is 4.74 Å². The van der Waals surface area contributed by atoms with Gasteiger partial charge in [-0.1, -0.05) is 18.2 Å². The van der Waals surface area contributed by atoms with Gasteiger partial charge >= 0.3 is 6.01 Å². The van der Waals surface area contributed by atoms with Crippen LogP contribution in [-0.4, -0.2) is 21.7 Å². The highest BCUT2D eigenvalue weighted by Gasteiger charge is 2.05. The molecule has 0 aliphatic carbocycles. The second kappa shape index (κ2) is 5.41. The molecule has 1 heterocycles. The van der Waals surface area contributed by atoms with Crippen LogP contribution in [0.15, 0.2) is 36.5 Å². The molecular formula is C13H14N2O2. The summed E-state index contributed by atoms with van der Waals surface area (Å²) in [5, 5.41) is 8.97. The number of aryl methyl sites for hydroxylation is 1. The van der Waals surface area contributed by atoms with Crippen molar-refractivity contribution in [1.29, 1.82) is 0 Å². The minimum absolute atomic E-state index is 0.0923. The van der Waals surface area contributed by atoms with Gasteiger partial charge in [0.25, 0.3) is 0 Å². The molecule has 17 heavy (non-hydrogen) atoms. The van der Waals surface area contributed by atoms with Gasteiger partial charge in [0.1, 0.15) is 5.75 Å². The van der Waals surface area contributed by atoms with E-state index in [-0.39, 0.29) is 6.61 Å². The molecule has 0 aliphatic rings. The van der Waals surface area contributed by atoms with Crippen LogP contribution in [0.25, 0.3) is 0 Å². The van der Waals surface area contributed by atoms with Crippen LogP contribution in [0.3, 0.4) is 0 Å². The van der Waals surface area contributed by atoms with Crippen molar-refractivity contribution < 1.29 is 9.84 Å². The summed E-state index contributed by atoms with van der Waals surface area (Å²) in [7, 11) is 0. The van der Waals surface area contributed by atoms with E-state index >= 15 is 0 Å². The van der Waals surface area contributed by atoms with Crippen molar-refractivity contribution in [1.82, 2.24) is 9.97 Å². The molecule has 0 fully saturated rings. The summed E-state index contributed by atoms with van der Waals surface area (Å²) < 4.78 is 5.61. The third kappa shape index (κ3) is 3.01. The molecule has 0 atom stereocenters. The summed E-state index contributed by atoms with van der Waals surface area (Å²) in [5.74, 6) is 0.687. The standard InChI is InChI=1S/C13H14N2O2/c1-10-6-8-14-13(15-10)17-12-5-3-2-4-11(12)7-9-16/h2-6,8,16H,7,9H2,1H3. The molecule has 0 amide bonds. The van der Waals surface area contributed by atoms with Crippen LogP contribution >= 0.6 is 0 Å². The molecule has 2 aromatic rings. The fourth-order valence-electron chi connectivity index (χ4n) is 1.50. The number of hydrogen-bond donors (Lipinski definition) is 1. The maximum Gasteiger partial charge on any atom is 0.322 e. The fourth-order valence-corrected chi connectivity index (χ4v) is 1.50. The van der Waals surface area contributed by atoms with E-state index in [1.54, 1.807) is 6.20 Å². The zero-order valence-corrected chi connectivity index (χ0v) is 9.63. The van der Waals surface area contributed by atoms with Crippen LogP contribution in [-0.2, 0) is 6.42 Å². The van der Waals surface area contributed by atoms with Gasteiger partial charge in [-0.2, -0.15) is 0 Å². The summed E-state index contributed by atoms with van der Waals surface area (Å²) in [6, 6.07) is 9.70. The number of hydrogen-bond acceptors (Lipinski definition) is 4. The largest absolute Gasteiger partial charge is 0.424 e. The second-order valence-electron chi connectivity index (χ2n) is 3.66. The average molecular weight is 230 g/mol. The van der Waals surface area contributed by atoms with Crippen LogP contribution in [0, 0.1) is 6.92 Å². The lowest BCUT2D eigenvalue weighted by Crippen LogP contribution is -1.98. The second-order valence-corrected chi connectivity index (χ2v) is 3.66. The Hall–Kier alpha value is -1.94. The maximum absolute atomic E-state index is 8.97. The molecular weight excluding hydrogens is 216 g/mol. The Morgan fingerprint density at radius 1 is 1.24 bits per heavy atom. The van der Waals surface area contributed by atoms with Crippen molar-refractivity contribution in [2.24, 2.45) is 0 Å². The van der Waals surface area contributed by atoms with Crippen molar-refractivity contribution in [3.63, 3.8) is 0 Å². The van der Waals surface area contributed by atoms with E-state index in [2.05, 4.69) is 9.97 Å². The monoisotopic (exact) mass is 230 g/mol. The van der Waals surface area contributed by atoms with Gasteiger partial charge in [0.2, 0.25) is 0 Å². The highest BCUT2D eigenvalue weighted by molar-refractivity contribution is 5.35. The number of rotatable bonds is 4. The topological polar surface area (TPSA) is 55.2 Å². The van der Waals surface area contributed by atoms with E-state index < -0.39 is 0 Å². The lowest BCUT2D eigenvalue weighted by molar-refractivity contribution is 0.297. The van der Waals surface area contributed by atoms with E-state index in [9.17, 15) is 0 Å². The number of ether oxygens (including phenoxy) is 1. The van der Waals surface area contributed by atoms with Crippen molar-refractivity contribution in [2.45, 2.75) is 13.3 Å². The Bertz CT molecular complexity index is 500. The summed E-state index contributed by atoms with van der Waals surface area (Å²) in [4.78, 5) is 8.21. The highest BCUT2D eigenvalue weighted by atomic mass is 16.5. The van der Waals surface area contributed by atoms with E-state index in [1.165, 1.54) is 0 Å². The quantitative estimate of drug-likeness (QED) is 0.874. The molecule has 0 saturated carbocycles. The van der Waals surface area contributed by atoms with E-state index in [1.807, 2.05) is 37.3 Å². The third-order valence-corrected chi connectivity index (χ3v) is 2.33. The zero-order chi connectivity index (χ0) is 12.1. The molecule has 0 spiro atoms. The number of para-hydroxylation sites is 1. The number of nitrogens with zero attached hydrogens (tertiary/aromatic N) is 2. The van der Waals surface area contributed by atoms with Gasteiger partial charge in [-0.3, -0.25) is 0 Å². The number of aromatic nitrogens is 2. The lowest BCUT2D eigenvalue weighted by Gasteiger charge is -2.08. The van der Waals surface area contributed by atoms with Gasteiger partial charge < -0.3 is 9.84 Å². The molecule has 0 aliphatic heterocycles. The predicted octanol–water partition coefficient (Wildman–Crippen LogP) is 2.11. The Morgan fingerprint density at radius 2 is 2.06 bits per heavy atom. The molecule has 4 nitrogen and oxygen atoms in total. The lowest BCUT2D eigenvalue weighted by atomic mass is 10.1. The smallest absolute Gasteiger partial charge is 0.322 e. The van der Waals surface area contributed by atoms with Crippen molar-refractivity contribution in [2.75, 3.05) is 6.61 Å². The molecule has 2 rings (SSSR count). The SMILES string of the molecule is Cc1ccnc(Oc2ccccc2CCO)n1. The van der Waals surface area contributed by atoms with Crippen LogP contribution in [0.1, 0.15) is 11.3 Å². The van der Waals surface area contributed by atoms with Gasteiger partial charge in [0, 0.05) is 18.5 Å². The van der Waals surface area contributed by atoms with E-state index in [4.69, 9.17) is 9.84 Å². The van der Waals surface area contributed by atoms with Gasteiger partial charge in [0.05, 0.1) is 0 Å². The van der Waals surface area contributed by atoms with Gasteiger partial charge in [0.15, 0.2) is 0 Å². The van der Waals surface area contributed by atoms with Crippen molar-refractivity contribution in [3.8, 4) is 11.8 Å². The first-order chi connectivity index (χ1) is 8.29. The Balaban J connectivity index is 2.23. The first-order valence-electron chi connectivity index (χ1n) is 5.46. The number of benzene rings is 1. The van der Waals surface area contributed by atoms with Crippen LogP contribution in [0.5, 0.6) is 11.8 Å². The summed E-state index contributed by atoms with van der Waals surface area (Å²) >= 11 is 0. The number of aliphatic hydroxyl groups excluding tert-OH is 1. The Kier molecular flexibility index (Phi) is 3.67. The third-order valence-electron chi connectivity index (χ3n) is 2.33. The summed E-state index contributed by atoms with van der Waals surface area (Å²) in [6.45, 7) is 1.98. The van der Waals surface area contributed by atoms with Crippen LogP contribution in [0.2, 0.25) is 0 Å². The van der Waals surface area contributed by atoms with Gasteiger partial charge in [-0.25, -0.2) is 9.97 Å². The zero-order valence-electron chi connectivity index (χ0n) is 9.63. The van der Waals surface area contributed by atoms with Crippen molar-refractivity contribution in [3.05, 3.63) is 47.8 Å². The normalized spacial score (nSPS) is 10.2. The number of aliphatic hydroxyl groups is 1. The predicted molar refractivity (Wildman–Crippen MR) is 64.1 cm³/mol. The fraction of sp³-hybridized carbons (Fsp3) is 0.231. The minimum Gasteiger partial charge on any atom is -0.424 e. The molecule has 0 unspecified atom stereocenters. The van der Waals surface area contributed by atoms with Crippen molar-refractivity contribution >= 4 is 0 Å². The molecule has 0 radical (unpaired) electrons. The van der Waals surface area contributed by atoms with Gasteiger partial charge in [-0.05, 0) is 31.0 Å². The molecule has 1 N–H and O–H groups in total. The molecule has 0 bridgehead atoms. The summed E-state index contributed by atoms with van der Waals surface area (Å²) in [6.07, 6.45) is 2.22. The summed E-state index contributed by atoms with van der Waals surface area (Å²) in [5.41, 5.74) is 1.80. The highest BCUT2D eigenvalue weighted by Crippen LogP contribution is 2.22. The van der Waals surface area contributed by atoms with Crippen LogP contribution in [0.4, 0.5) is 0 Å². The van der Waals surface area contributed by atoms with E-state index in [0.717, 1.165) is 11.3 Å². The van der Waals surface area contributed by atoms with E-state index in [0.29, 0.717) is 18.2 Å². The van der Waals surface area contributed by atoms with Gasteiger partial charge in [-0.15, -0.1) is 0 Å². The Labute approximate surface area is 99.9 Å².